The van der Waals surface area contributed by atoms with Crippen molar-refractivity contribution in [1.29, 1.82) is 0 Å². The van der Waals surface area contributed by atoms with Crippen molar-refractivity contribution in [1.82, 2.24) is 0 Å². The Labute approximate surface area is 123 Å². The summed E-state index contributed by atoms with van der Waals surface area (Å²) in [6.45, 7) is -4.09. The van der Waals surface area contributed by atoms with Crippen LogP contribution in [0.4, 0.5) is 43.9 Å². The molecule has 23 heavy (non-hydrogen) atoms. The summed E-state index contributed by atoms with van der Waals surface area (Å²) in [6.07, 6.45) is -5.69. The maximum atomic E-state index is 12.8. The van der Waals surface area contributed by atoms with Crippen molar-refractivity contribution in [2.24, 2.45) is 0 Å². The minimum atomic E-state index is -6.19. The minimum Gasteiger partial charge on any atom is -0.390 e. The van der Waals surface area contributed by atoms with Crippen LogP contribution in [-0.4, -0.2) is 59.8 Å². The molecule has 0 radical (unpaired) electrons. The Morgan fingerprint density at radius 1 is 0.696 bits per heavy atom. The topological polar surface area (TPSA) is 49.7 Å². The minimum absolute atomic E-state index is 2.00. The Morgan fingerprint density at radius 2 is 1.04 bits per heavy atom. The van der Waals surface area contributed by atoms with Crippen LogP contribution in [0.3, 0.4) is 0 Å². The van der Waals surface area contributed by atoms with E-state index in [9.17, 15) is 43.9 Å². The number of aliphatic hydroxyl groups is 2. The van der Waals surface area contributed by atoms with Crippen molar-refractivity contribution in [2.45, 2.75) is 43.6 Å². The smallest absolute Gasteiger partial charge is 0.390 e. The van der Waals surface area contributed by atoms with Crippen molar-refractivity contribution in [3.8, 4) is 0 Å². The number of halogens is 10. The Balaban J connectivity index is 0. The lowest BCUT2D eigenvalue weighted by molar-refractivity contribution is -0.350. The van der Waals surface area contributed by atoms with Gasteiger partial charge in [0.25, 0.3) is 0 Å². The SMILES string of the molecule is CC.OCC(F)(F)C(F)(F)C(F)(F)COCC(F)(F)C(O)(F)F. The lowest BCUT2D eigenvalue weighted by atomic mass is 10.1. The molecule has 2 N–H and O–H groups in total. The summed E-state index contributed by atoms with van der Waals surface area (Å²) >= 11 is 0. The van der Waals surface area contributed by atoms with Gasteiger partial charge in [-0.25, -0.2) is 0 Å². The number of rotatable bonds is 8. The second-order valence-electron chi connectivity index (χ2n) is 3.88. The second kappa shape index (κ2) is 7.83. The molecule has 0 aliphatic carbocycles. The molecule has 0 aromatic heterocycles. The van der Waals surface area contributed by atoms with Crippen molar-refractivity contribution in [3.63, 3.8) is 0 Å². The van der Waals surface area contributed by atoms with Gasteiger partial charge >= 0.3 is 29.8 Å². The number of hydrogen-bond acceptors (Lipinski definition) is 3. The van der Waals surface area contributed by atoms with Gasteiger partial charge in [0, 0.05) is 0 Å². The maximum Gasteiger partial charge on any atom is 0.419 e. The van der Waals surface area contributed by atoms with Crippen LogP contribution in [0, 0.1) is 0 Å². The average Bonchev–Trinajstić information content (AvgIpc) is 2.38. The zero-order valence-corrected chi connectivity index (χ0v) is 11.7. The molecule has 0 heterocycles. The van der Waals surface area contributed by atoms with E-state index in [1.54, 1.807) is 0 Å². The van der Waals surface area contributed by atoms with Gasteiger partial charge in [-0.3, -0.25) is 0 Å². The van der Waals surface area contributed by atoms with Crippen LogP contribution in [0.15, 0.2) is 0 Å². The average molecular weight is 372 g/mol. The molecular formula is C10H14F10O3. The first-order chi connectivity index (χ1) is 10.0. The molecule has 0 aromatic carbocycles. The van der Waals surface area contributed by atoms with Crippen LogP contribution >= 0.6 is 0 Å². The maximum absolute atomic E-state index is 12.8. The van der Waals surface area contributed by atoms with Crippen LogP contribution < -0.4 is 0 Å². The highest BCUT2D eigenvalue weighted by molar-refractivity contribution is 4.96. The number of ether oxygens (including phenoxy) is 1. The molecule has 0 bridgehead atoms. The first-order valence-corrected chi connectivity index (χ1v) is 5.82. The molecule has 0 aliphatic rings. The third kappa shape index (κ3) is 5.64. The summed E-state index contributed by atoms with van der Waals surface area (Å²) in [7, 11) is 0. The largest absolute Gasteiger partial charge is 0.419 e. The van der Waals surface area contributed by atoms with Crippen LogP contribution in [0.1, 0.15) is 13.8 Å². The molecule has 0 unspecified atom stereocenters. The summed E-state index contributed by atoms with van der Waals surface area (Å²) in [5.74, 6) is -23.0. The number of alkyl halides is 10. The fraction of sp³-hybridized carbons (Fsp3) is 1.00. The van der Waals surface area contributed by atoms with E-state index in [-0.39, 0.29) is 0 Å². The molecule has 13 heteroatoms. The molecule has 0 aromatic rings. The molecule has 0 atom stereocenters. The Hall–Kier alpha value is -0.820. The normalized spacial score (nSPS) is 14.3. The third-order valence-electron chi connectivity index (χ3n) is 2.12. The molecule has 0 rings (SSSR count). The first-order valence-electron chi connectivity index (χ1n) is 5.82. The predicted octanol–water partition coefficient (Wildman–Crippen LogP) is 3.15. The summed E-state index contributed by atoms with van der Waals surface area (Å²) < 4.78 is 127. The van der Waals surface area contributed by atoms with Gasteiger partial charge in [0.05, 0.1) is 0 Å². The van der Waals surface area contributed by atoms with Gasteiger partial charge in [-0.2, -0.15) is 43.9 Å². The van der Waals surface area contributed by atoms with Crippen LogP contribution in [0.25, 0.3) is 0 Å². The molecule has 0 saturated heterocycles. The van der Waals surface area contributed by atoms with Crippen molar-refractivity contribution < 1.29 is 58.9 Å². The van der Waals surface area contributed by atoms with E-state index in [1.807, 2.05) is 13.8 Å². The monoisotopic (exact) mass is 372 g/mol. The number of aliphatic hydroxyl groups excluding tert-OH is 1. The number of hydrogen-bond donors (Lipinski definition) is 2. The van der Waals surface area contributed by atoms with Crippen molar-refractivity contribution in [3.05, 3.63) is 0 Å². The molecule has 3 nitrogen and oxygen atoms in total. The van der Waals surface area contributed by atoms with E-state index in [0.29, 0.717) is 0 Å². The second-order valence-corrected chi connectivity index (χ2v) is 3.88. The quantitative estimate of drug-likeness (QED) is 0.644. The first kappa shape index (κ1) is 24.4. The fourth-order valence-electron chi connectivity index (χ4n) is 0.852. The van der Waals surface area contributed by atoms with Crippen molar-refractivity contribution >= 4 is 0 Å². The molecule has 142 valence electrons. The van der Waals surface area contributed by atoms with E-state index in [0.717, 1.165) is 0 Å². The van der Waals surface area contributed by atoms with Crippen molar-refractivity contribution in [2.75, 3.05) is 19.8 Å². The summed E-state index contributed by atoms with van der Waals surface area (Å²) in [6, 6.07) is 0. The summed E-state index contributed by atoms with van der Waals surface area (Å²) in [5.41, 5.74) is 0. The van der Waals surface area contributed by atoms with E-state index >= 15 is 0 Å². The summed E-state index contributed by atoms with van der Waals surface area (Å²) in [5, 5.41) is 15.5. The van der Waals surface area contributed by atoms with Gasteiger partial charge in [-0.15, -0.1) is 0 Å². The lowest BCUT2D eigenvalue weighted by Crippen LogP contribution is -2.58. The van der Waals surface area contributed by atoms with E-state index in [1.165, 1.54) is 0 Å². The van der Waals surface area contributed by atoms with E-state index in [2.05, 4.69) is 4.74 Å². The lowest BCUT2D eigenvalue weighted by Gasteiger charge is -2.32. The fourth-order valence-corrected chi connectivity index (χ4v) is 0.852. The van der Waals surface area contributed by atoms with Gasteiger partial charge in [-0.1, -0.05) is 13.8 Å². The zero-order valence-electron chi connectivity index (χ0n) is 11.7. The van der Waals surface area contributed by atoms with E-state index in [4.69, 9.17) is 10.2 Å². The van der Waals surface area contributed by atoms with Crippen LogP contribution in [0.2, 0.25) is 0 Å². The molecule has 0 amide bonds. The zero-order chi connectivity index (χ0) is 19.3. The Kier molecular flexibility index (Phi) is 8.32. The third-order valence-corrected chi connectivity index (χ3v) is 2.12. The molecule has 0 spiro atoms. The highest BCUT2D eigenvalue weighted by Crippen LogP contribution is 2.45. The molecular weight excluding hydrogens is 358 g/mol. The summed E-state index contributed by atoms with van der Waals surface area (Å²) in [4.78, 5) is 0. The highest BCUT2D eigenvalue weighted by atomic mass is 19.3. The molecule has 0 saturated carbocycles. The van der Waals surface area contributed by atoms with Gasteiger partial charge in [0.2, 0.25) is 0 Å². The van der Waals surface area contributed by atoms with Crippen LogP contribution in [0.5, 0.6) is 0 Å². The van der Waals surface area contributed by atoms with Gasteiger partial charge < -0.3 is 14.9 Å². The molecule has 0 aliphatic heterocycles. The van der Waals surface area contributed by atoms with E-state index < -0.39 is 49.6 Å². The Morgan fingerprint density at radius 3 is 1.35 bits per heavy atom. The van der Waals surface area contributed by atoms with Gasteiger partial charge in [-0.05, 0) is 0 Å². The highest BCUT2D eigenvalue weighted by Gasteiger charge is 2.71. The Bertz CT molecular complexity index is 353. The standard InChI is InChI=1S/C8H8F10O3.C2H6/c9-4(10,1-19)7(15,16)5(11,12)2-21-3-6(13,14)8(17,18)20;1-2/h19-20H,1-3H2;1-2H3. The van der Waals surface area contributed by atoms with Gasteiger partial charge in [0.1, 0.15) is 19.8 Å². The molecule has 0 fully saturated rings. The van der Waals surface area contributed by atoms with Crippen LogP contribution in [-0.2, 0) is 4.74 Å². The van der Waals surface area contributed by atoms with Gasteiger partial charge in [0.15, 0.2) is 0 Å². The predicted molar refractivity (Wildman–Crippen MR) is 56.2 cm³/mol.